The van der Waals surface area contributed by atoms with Gasteiger partial charge in [0.05, 0.1) is 18.6 Å². The first-order valence-corrected chi connectivity index (χ1v) is 7.74. The maximum atomic E-state index is 12.1. The van der Waals surface area contributed by atoms with Crippen LogP contribution >= 0.6 is 0 Å². The van der Waals surface area contributed by atoms with Gasteiger partial charge in [-0.2, -0.15) is 0 Å². The van der Waals surface area contributed by atoms with E-state index < -0.39 is 0 Å². The summed E-state index contributed by atoms with van der Waals surface area (Å²) in [5.41, 5.74) is 1.38. The summed E-state index contributed by atoms with van der Waals surface area (Å²) in [6.07, 6.45) is 6.05. The summed E-state index contributed by atoms with van der Waals surface area (Å²) in [4.78, 5) is 18.6. The predicted molar refractivity (Wildman–Crippen MR) is 81.2 cm³/mol. The average Bonchev–Trinajstić information content (AvgIpc) is 2.83. The van der Waals surface area contributed by atoms with E-state index in [1.165, 1.54) is 12.8 Å². The maximum Gasteiger partial charge on any atom is 0.269 e. The van der Waals surface area contributed by atoms with Gasteiger partial charge in [0.1, 0.15) is 5.69 Å². The van der Waals surface area contributed by atoms with Crippen LogP contribution in [0.4, 0.5) is 0 Å². The standard InChI is InChI=1S/C15H26N4O2/c1-12-14(18(2)11-17-12)15(21)16-7-5-9-19-8-4-3-6-13(19)10-20/h11,13,20H,3-10H2,1-2H3,(H,16,21)/t13-/m1/s1. The molecule has 118 valence electrons. The zero-order valence-electron chi connectivity index (χ0n) is 13.0. The van der Waals surface area contributed by atoms with Gasteiger partial charge in [-0.25, -0.2) is 4.98 Å². The van der Waals surface area contributed by atoms with Crippen molar-refractivity contribution >= 4 is 5.91 Å². The van der Waals surface area contributed by atoms with E-state index in [4.69, 9.17) is 0 Å². The van der Waals surface area contributed by atoms with Gasteiger partial charge in [0.2, 0.25) is 0 Å². The molecule has 2 rings (SSSR count). The van der Waals surface area contributed by atoms with Gasteiger partial charge in [0.15, 0.2) is 0 Å². The Morgan fingerprint density at radius 2 is 2.33 bits per heavy atom. The van der Waals surface area contributed by atoms with Crippen LogP contribution < -0.4 is 5.32 Å². The molecule has 1 saturated heterocycles. The van der Waals surface area contributed by atoms with E-state index in [-0.39, 0.29) is 12.5 Å². The highest BCUT2D eigenvalue weighted by Gasteiger charge is 2.21. The third-order valence-corrected chi connectivity index (χ3v) is 4.20. The lowest BCUT2D eigenvalue weighted by atomic mass is 10.0. The minimum Gasteiger partial charge on any atom is -0.395 e. The number of aryl methyl sites for hydroxylation is 2. The van der Waals surface area contributed by atoms with Crippen molar-refractivity contribution in [3.8, 4) is 0 Å². The van der Waals surface area contributed by atoms with Crippen molar-refractivity contribution in [3.05, 3.63) is 17.7 Å². The molecule has 0 radical (unpaired) electrons. The summed E-state index contributed by atoms with van der Waals surface area (Å²) in [7, 11) is 1.83. The summed E-state index contributed by atoms with van der Waals surface area (Å²) < 4.78 is 1.75. The smallest absolute Gasteiger partial charge is 0.269 e. The van der Waals surface area contributed by atoms with Crippen LogP contribution in [0, 0.1) is 6.92 Å². The molecule has 1 fully saturated rings. The highest BCUT2D eigenvalue weighted by molar-refractivity contribution is 5.93. The van der Waals surface area contributed by atoms with Gasteiger partial charge in [-0.05, 0) is 32.7 Å². The van der Waals surface area contributed by atoms with E-state index in [1.54, 1.807) is 10.9 Å². The number of hydrogen-bond acceptors (Lipinski definition) is 4. The van der Waals surface area contributed by atoms with Crippen molar-refractivity contribution in [2.24, 2.45) is 7.05 Å². The number of aliphatic hydroxyl groups excluding tert-OH is 1. The van der Waals surface area contributed by atoms with Crippen molar-refractivity contribution in [3.63, 3.8) is 0 Å². The molecule has 1 atom stereocenters. The molecule has 0 aromatic carbocycles. The van der Waals surface area contributed by atoms with Crippen LogP contribution in [-0.2, 0) is 7.05 Å². The molecule has 0 saturated carbocycles. The van der Waals surface area contributed by atoms with E-state index in [0.717, 1.165) is 31.6 Å². The number of hydrogen-bond donors (Lipinski definition) is 2. The molecule has 0 unspecified atom stereocenters. The minimum absolute atomic E-state index is 0.0650. The van der Waals surface area contributed by atoms with Crippen molar-refractivity contribution in [2.75, 3.05) is 26.2 Å². The van der Waals surface area contributed by atoms with E-state index in [2.05, 4.69) is 15.2 Å². The number of imidazole rings is 1. The zero-order chi connectivity index (χ0) is 15.2. The number of likely N-dealkylation sites (tertiary alicyclic amines) is 1. The first-order valence-electron chi connectivity index (χ1n) is 7.74. The van der Waals surface area contributed by atoms with Gasteiger partial charge in [0, 0.05) is 26.2 Å². The van der Waals surface area contributed by atoms with Crippen molar-refractivity contribution in [1.82, 2.24) is 19.8 Å². The molecule has 1 aliphatic rings. The molecular weight excluding hydrogens is 268 g/mol. The Morgan fingerprint density at radius 1 is 1.52 bits per heavy atom. The van der Waals surface area contributed by atoms with Crippen LogP contribution in [0.5, 0.6) is 0 Å². The highest BCUT2D eigenvalue weighted by Crippen LogP contribution is 2.16. The third-order valence-electron chi connectivity index (χ3n) is 4.20. The first kappa shape index (κ1) is 16.0. The SMILES string of the molecule is Cc1ncn(C)c1C(=O)NCCCN1CCCC[C@@H]1CO. The fourth-order valence-corrected chi connectivity index (χ4v) is 3.00. The lowest BCUT2D eigenvalue weighted by Gasteiger charge is -2.34. The van der Waals surface area contributed by atoms with Crippen molar-refractivity contribution in [1.29, 1.82) is 0 Å². The van der Waals surface area contributed by atoms with Crippen LogP contribution in [-0.4, -0.2) is 57.7 Å². The van der Waals surface area contributed by atoms with E-state index in [0.29, 0.717) is 18.3 Å². The molecule has 0 spiro atoms. The fourth-order valence-electron chi connectivity index (χ4n) is 3.00. The Hall–Kier alpha value is -1.40. The number of carbonyl (C=O) groups excluding carboxylic acids is 1. The summed E-state index contributed by atoms with van der Waals surface area (Å²) in [6, 6.07) is 0.300. The molecule has 2 N–H and O–H groups in total. The van der Waals surface area contributed by atoms with Gasteiger partial charge in [-0.3, -0.25) is 9.69 Å². The highest BCUT2D eigenvalue weighted by atomic mass is 16.3. The molecule has 1 aliphatic heterocycles. The molecule has 0 aliphatic carbocycles. The van der Waals surface area contributed by atoms with Gasteiger partial charge >= 0.3 is 0 Å². The Kier molecular flexibility index (Phi) is 5.76. The molecule has 2 heterocycles. The molecule has 1 aromatic rings. The largest absolute Gasteiger partial charge is 0.395 e. The summed E-state index contributed by atoms with van der Waals surface area (Å²) in [6.45, 7) is 4.71. The van der Waals surface area contributed by atoms with Gasteiger partial charge in [-0.15, -0.1) is 0 Å². The first-order chi connectivity index (χ1) is 10.1. The molecule has 0 bridgehead atoms. The molecule has 1 aromatic heterocycles. The van der Waals surface area contributed by atoms with Gasteiger partial charge in [0.25, 0.3) is 5.91 Å². The topological polar surface area (TPSA) is 70.4 Å². The van der Waals surface area contributed by atoms with Crippen molar-refractivity contribution in [2.45, 2.75) is 38.6 Å². The Balaban J connectivity index is 1.73. The number of rotatable bonds is 6. The zero-order valence-corrected chi connectivity index (χ0v) is 13.0. The van der Waals surface area contributed by atoms with Crippen LogP contribution in [0.3, 0.4) is 0 Å². The number of nitrogens with zero attached hydrogens (tertiary/aromatic N) is 3. The van der Waals surface area contributed by atoms with Crippen LogP contribution in [0.15, 0.2) is 6.33 Å². The number of piperidine rings is 1. The van der Waals surface area contributed by atoms with Gasteiger partial charge < -0.3 is 15.0 Å². The Labute approximate surface area is 126 Å². The number of amides is 1. The Bertz CT molecular complexity index is 453. The number of carbonyl (C=O) groups is 1. The third kappa shape index (κ3) is 4.04. The van der Waals surface area contributed by atoms with Crippen molar-refractivity contribution < 1.29 is 9.90 Å². The average molecular weight is 294 g/mol. The molecule has 6 nitrogen and oxygen atoms in total. The monoisotopic (exact) mass is 294 g/mol. The van der Waals surface area contributed by atoms with Gasteiger partial charge in [-0.1, -0.05) is 6.42 Å². The molecular formula is C15H26N4O2. The van der Waals surface area contributed by atoms with Crippen LogP contribution in [0.2, 0.25) is 0 Å². The van der Waals surface area contributed by atoms with E-state index in [1.807, 2.05) is 14.0 Å². The molecule has 6 heteroatoms. The quantitative estimate of drug-likeness (QED) is 0.758. The summed E-state index contributed by atoms with van der Waals surface area (Å²) in [5, 5.41) is 12.3. The lowest BCUT2D eigenvalue weighted by Crippen LogP contribution is -2.43. The number of nitrogens with one attached hydrogen (secondary N) is 1. The maximum absolute atomic E-state index is 12.1. The second-order valence-corrected chi connectivity index (χ2v) is 5.77. The number of aliphatic hydroxyl groups is 1. The second kappa shape index (κ2) is 7.56. The fraction of sp³-hybridized carbons (Fsp3) is 0.733. The number of aromatic nitrogens is 2. The molecule has 21 heavy (non-hydrogen) atoms. The lowest BCUT2D eigenvalue weighted by molar-refractivity contribution is 0.0865. The van der Waals surface area contributed by atoms with Crippen LogP contribution in [0.25, 0.3) is 0 Å². The molecule has 1 amide bonds. The second-order valence-electron chi connectivity index (χ2n) is 5.77. The van der Waals surface area contributed by atoms with E-state index in [9.17, 15) is 9.90 Å². The van der Waals surface area contributed by atoms with E-state index >= 15 is 0 Å². The van der Waals surface area contributed by atoms with Crippen LogP contribution in [0.1, 0.15) is 41.9 Å². The summed E-state index contributed by atoms with van der Waals surface area (Å²) >= 11 is 0. The Morgan fingerprint density at radius 3 is 3.00 bits per heavy atom. The minimum atomic E-state index is -0.0650. The predicted octanol–water partition coefficient (Wildman–Crippen LogP) is 0.695. The summed E-state index contributed by atoms with van der Waals surface area (Å²) in [5.74, 6) is -0.0650. The normalized spacial score (nSPS) is 19.7.